The van der Waals surface area contributed by atoms with Crippen LogP contribution in [0.3, 0.4) is 0 Å². The molecule has 1 aromatic carbocycles. The Hall–Kier alpha value is -0.750. The molecule has 0 unspecified atom stereocenters. The number of hydrogen-bond donors (Lipinski definition) is 0. The number of carbonyl (C=O) groups is 1. The molecule has 0 spiro atoms. The molecule has 0 saturated heterocycles. The lowest BCUT2D eigenvalue weighted by molar-refractivity contribution is -0.140. The fraction of sp³-hybridized carbons (Fsp3) is 0.364. The van der Waals surface area contributed by atoms with E-state index in [4.69, 9.17) is 11.6 Å². The quantitative estimate of drug-likeness (QED) is 0.807. The molecular weight excluding hydrogens is 334 g/mol. The van der Waals surface area contributed by atoms with Gasteiger partial charge in [-0.1, -0.05) is 17.7 Å². The van der Waals surface area contributed by atoms with E-state index in [0.29, 0.717) is 9.37 Å². The fourth-order valence-electron chi connectivity index (χ4n) is 1.38. The van der Waals surface area contributed by atoms with Gasteiger partial charge in [0.25, 0.3) is 5.91 Å². The van der Waals surface area contributed by atoms with E-state index in [1.165, 1.54) is 13.0 Å². The minimum absolute atomic E-state index is 0.0405. The summed E-state index contributed by atoms with van der Waals surface area (Å²) < 4.78 is 37.4. The smallest absolute Gasteiger partial charge is 0.330 e. The van der Waals surface area contributed by atoms with Crippen LogP contribution in [0.5, 0.6) is 0 Å². The highest BCUT2D eigenvalue weighted by Crippen LogP contribution is 2.27. The molecule has 0 aliphatic carbocycles. The molecule has 0 heterocycles. The fourth-order valence-corrected chi connectivity index (χ4v) is 1.96. The summed E-state index contributed by atoms with van der Waals surface area (Å²) in [6.07, 6.45) is -4.43. The van der Waals surface area contributed by atoms with Crippen LogP contribution >= 0.6 is 27.5 Å². The average molecular weight is 345 g/mol. The van der Waals surface area contributed by atoms with Crippen molar-refractivity contribution in [2.45, 2.75) is 13.1 Å². The van der Waals surface area contributed by atoms with Crippen LogP contribution in [0.2, 0.25) is 5.02 Å². The molecule has 1 aromatic rings. The number of carbonyl (C=O) groups excluding carboxylic acids is 1. The second-order valence-electron chi connectivity index (χ2n) is 3.54. The Balaban J connectivity index is 3.01. The standard InChI is InChI=1S/C11H10BrClF3NO/c1-2-17(6-11(14,15)16)10(18)7-4-3-5-8(12)9(7)13/h3-5H,2,6H2,1H3. The molecule has 2 nitrogen and oxygen atoms in total. The Bertz CT molecular complexity index is 450. The number of hydrogen-bond acceptors (Lipinski definition) is 1. The van der Waals surface area contributed by atoms with E-state index in [9.17, 15) is 18.0 Å². The second kappa shape index (κ2) is 5.93. The highest BCUT2D eigenvalue weighted by atomic mass is 79.9. The van der Waals surface area contributed by atoms with Gasteiger partial charge in [-0.3, -0.25) is 4.79 Å². The summed E-state index contributed by atoms with van der Waals surface area (Å²) in [5.41, 5.74) is 0.0529. The summed E-state index contributed by atoms with van der Waals surface area (Å²) >= 11 is 9.01. The van der Waals surface area contributed by atoms with Gasteiger partial charge in [0, 0.05) is 11.0 Å². The van der Waals surface area contributed by atoms with Crippen LogP contribution in [-0.2, 0) is 0 Å². The van der Waals surface area contributed by atoms with Crippen LogP contribution in [0.25, 0.3) is 0 Å². The molecule has 18 heavy (non-hydrogen) atoms. The molecule has 0 fully saturated rings. The van der Waals surface area contributed by atoms with E-state index < -0.39 is 18.6 Å². The van der Waals surface area contributed by atoms with Crippen LogP contribution in [0.1, 0.15) is 17.3 Å². The number of amides is 1. The summed E-state index contributed by atoms with van der Waals surface area (Å²) in [4.78, 5) is 12.6. The minimum Gasteiger partial charge on any atom is -0.330 e. The van der Waals surface area contributed by atoms with E-state index in [-0.39, 0.29) is 17.1 Å². The van der Waals surface area contributed by atoms with Crippen LogP contribution in [0.15, 0.2) is 22.7 Å². The maximum atomic E-state index is 12.3. The molecule has 0 aliphatic rings. The number of alkyl halides is 3. The number of nitrogens with zero attached hydrogens (tertiary/aromatic N) is 1. The summed E-state index contributed by atoms with van der Waals surface area (Å²) in [6, 6.07) is 4.55. The molecule has 100 valence electrons. The van der Waals surface area contributed by atoms with Crippen molar-refractivity contribution in [2.75, 3.05) is 13.1 Å². The van der Waals surface area contributed by atoms with Gasteiger partial charge in [-0.2, -0.15) is 13.2 Å². The number of halogens is 5. The largest absolute Gasteiger partial charge is 0.406 e. The topological polar surface area (TPSA) is 20.3 Å². The first kappa shape index (κ1) is 15.3. The van der Waals surface area contributed by atoms with Crippen molar-refractivity contribution in [1.82, 2.24) is 4.90 Å². The van der Waals surface area contributed by atoms with Crippen molar-refractivity contribution in [3.8, 4) is 0 Å². The van der Waals surface area contributed by atoms with Crippen molar-refractivity contribution in [2.24, 2.45) is 0 Å². The lowest BCUT2D eigenvalue weighted by Gasteiger charge is -2.22. The number of benzene rings is 1. The lowest BCUT2D eigenvalue weighted by Crippen LogP contribution is -2.38. The zero-order chi connectivity index (χ0) is 13.9. The predicted octanol–water partition coefficient (Wildman–Crippen LogP) is 4.13. The van der Waals surface area contributed by atoms with E-state index in [1.807, 2.05) is 0 Å². The van der Waals surface area contributed by atoms with E-state index in [0.717, 1.165) is 0 Å². The van der Waals surface area contributed by atoms with Gasteiger partial charge in [-0.15, -0.1) is 0 Å². The Labute approximate surface area is 116 Å². The van der Waals surface area contributed by atoms with E-state index in [2.05, 4.69) is 15.9 Å². The van der Waals surface area contributed by atoms with Crippen molar-refractivity contribution in [3.63, 3.8) is 0 Å². The van der Waals surface area contributed by atoms with Crippen LogP contribution < -0.4 is 0 Å². The average Bonchev–Trinajstić information content (AvgIpc) is 2.27. The van der Waals surface area contributed by atoms with Crippen molar-refractivity contribution < 1.29 is 18.0 Å². The molecule has 0 aliphatic heterocycles. The molecule has 1 amide bonds. The SMILES string of the molecule is CCN(CC(F)(F)F)C(=O)c1cccc(Br)c1Cl. The van der Waals surface area contributed by atoms with Crippen molar-refractivity contribution in [1.29, 1.82) is 0 Å². The number of rotatable bonds is 3. The highest BCUT2D eigenvalue weighted by Gasteiger charge is 2.33. The normalized spacial score (nSPS) is 11.4. The Morgan fingerprint density at radius 2 is 2.06 bits per heavy atom. The van der Waals surface area contributed by atoms with Gasteiger partial charge >= 0.3 is 6.18 Å². The third-order valence-electron chi connectivity index (χ3n) is 2.22. The van der Waals surface area contributed by atoms with Gasteiger partial charge in [0.2, 0.25) is 0 Å². The third-order valence-corrected chi connectivity index (χ3v) is 3.52. The van der Waals surface area contributed by atoms with E-state index in [1.54, 1.807) is 12.1 Å². The minimum atomic E-state index is -4.43. The monoisotopic (exact) mass is 343 g/mol. The van der Waals surface area contributed by atoms with Gasteiger partial charge in [0.1, 0.15) is 6.54 Å². The van der Waals surface area contributed by atoms with Crippen molar-refractivity contribution >= 4 is 33.4 Å². The molecule has 1 rings (SSSR count). The van der Waals surface area contributed by atoms with Crippen LogP contribution in [0, 0.1) is 0 Å². The Morgan fingerprint density at radius 1 is 1.44 bits per heavy atom. The molecule has 0 N–H and O–H groups in total. The summed E-state index contributed by atoms with van der Waals surface area (Å²) in [5, 5.41) is 0.114. The first-order valence-corrected chi connectivity index (χ1v) is 6.23. The highest BCUT2D eigenvalue weighted by molar-refractivity contribution is 9.10. The molecule has 0 bridgehead atoms. The molecular formula is C11H10BrClF3NO. The maximum absolute atomic E-state index is 12.3. The zero-order valence-electron chi connectivity index (χ0n) is 9.39. The van der Waals surface area contributed by atoms with Gasteiger partial charge in [-0.25, -0.2) is 0 Å². The summed E-state index contributed by atoms with van der Waals surface area (Å²) in [6.45, 7) is 0.155. The first-order valence-electron chi connectivity index (χ1n) is 5.06. The summed E-state index contributed by atoms with van der Waals surface area (Å²) in [7, 11) is 0. The predicted molar refractivity (Wildman–Crippen MR) is 66.8 cm³/mol. The van der Waals surface area contributed by atoms with Crippen molar-refractivity contribution in [3.05, 3.63) is 33.3 Å². The first-order chi connectivity index (χ1) is 8.26. The molecule has 0 atom stereocenters. The van der Waals surface area contributed by atoms with Gasteiger partial charge in [-0.05, 0) is 35.0 Å². The van der Waals surface area contributed by atoms with Gasteiger partial charge < -0.3 is 4.90 Å². The molecule has 0 aromatic heterocycles. The second-order valence-corrected chi connectivity index (χ2v) is 4.77. The van der Waals surface area contributed by atoms with Gasteiger partial charge in [0.05, 0.1) is 10.6 Å². The Kier molecular flexibility index (Phi) is 5.04. The van der Waals surface area contributed by atoms with Gasteiger partial charge in [0.15, 0.2) is 0 Å². The third kappa shape index (κ3) is 3.88. The molecule has 0 radical (unpaired) electrons. The zero-order valence-corrected chi connectivity index (χ0v) is 11.7. The maximum Gasteiger partial charge on any atom is 0.406 e. The van der Waals surface area contributed by atoms with Crippen LogP contribution in [0.4, 0.5) is 13.2 Å². The van der Waals surface area contributed by atoms with Crippen LogP contribution in [-0.4, -0.2) is 30.1 Å². The molecule has 7 heteroatoms. The Morgan fingerprint density at radius 3 is 2.56 bits per heavy atom. The lowest BCUT2D eigenvalue weighted by atomic mass is 10.2. The van der Waals surface area contributed by atoms with E-state index >= 15 is 0 Å². The summed E-state index contributed by atoms with van der Waals surface area (Å²) in [5.74, 6) is -0.735. The molecule has 0 saturated carbocycles.